The van der Waals surface area contributed by atoms with E-state index in [0.29, 0.717) is 38.8 Å². The van der Waals surface area contributed by atoms with Crippen LogP contribution in [0.4, 0.5) is 5.69 Å². The number of allylic oxidation sites excluding steroid dienone is 1. The third-order valence-electron chi connectivity index (χ3n) is 3.71. The smallest absolute Gasteiger partial charge is 0.234 e. The van der Waals surface area contributed by atoms with Gasteiger partial charge in [-0.1, -0.05) is 53.2 Å². The predicted molar refractivity (Wildman–Crippen MR) is 113 cm³/mol. The SMILES string of the molecule is C=CCn1c(SCC(=O)Nc2cc(Cl)ccc2Cl)nnc1-c1ccccc1O. The van der Waals surface area contributed by atoms with Crippen molar-refractivity contribution >= 4 is 46.6 Å². The summed E-state index contributed by atoms with van der Waals surface area (Å²) in [5.41, 5.74) is 1.00. The first-order valence-corrected chi connectivity index (χ1v) is 9.94. The minimum Gasteiger partial charge on any atom is -0.507 e. The average molecular weight is 435 g/mol. The van der Waals surface area contributed by atoms with Crippen LogP contribution >= 0.6 is 35.0 Å². The van der Waals surface area contributed by atoms with Crippen LogP contribution in [-0.2, 0) is 11.3 Å². The molecule has 2 N–H and O–H groups in total. The van der Waals surface area contributed by atoms with Gasteiger partial charge in [-0.3, -0.25) is 9.36 Å². The molecule has 0 unspecified atom stereocenters. The fraction of sp³-hybridized carbons (Fsp3) is 0.105. The number of carbonyl (C=O) groups is 1. The summed E-state index contributed by atoms with van der Waals surface area (Å²) in [7, 11) is 0. The number of hydrogen-bond donors (Lipinski definition) is 2. The maximum absolute atomic E-state index is 12.3. The van der Waals surface area contributed by atoms with E-state index >= 15 is 0 Å². The fourth-order valence-corrected chi connectivity index (χ4v) is 3.55. The van der Waals surface area contributed by atoms with Gasteiger partial charge in [-0.2, -0.15) is 0 Å². The number of halogens is 2. The van der Waals surface area contributed by atoms with Crippen LogP contribution < -0.4 is 5.32 Å². The maximum Gasteiger partial charge on any atom is 0.234 e. The lowest BCUT2D eigenvalue weighted by Gasteiger charge is -2.09. The first kappa shape index (κ1) is 20.3. The second-order valence-corrected chi connectivity index (χ2v) is 7.47. The zero-order valence-electron chi connectivity index (χ0n) is 14.6. The molecule has 28 heavy (non-hydrogen) atoms. The van der Waals surface area contributed by atoms with Crippen LogP contribution in [0.5, 0.6) is 5.75 Å². The number of carbonyl (C=O) groups excluding carboxylic acids is 1. The Balaban J connectivity index is 1.75. The van der Waals surface area contributed by atoms with Gasteiger partial charge in [0, 0.05) is 11.6 Å². The van der Waals surface area contributed by atoms with Crippen molar-refractivity contribution in [3.05, 3.63) is 65.2 Å². The van der Waals surface area contributed by atoms with Crippen LogP contribution in [-0.4, -0.2) is 31.5 Å². The van der Waals surface area contributed by atoms with Crippen molar-refractivity contribution in [2.24, 2.45) is 0 Å². The van der Waals surface area contributed by atoms with Gasteiger partial charge in [-0.05, 0) is 30.3 Å². The number of aromatic nitrogens is 3. The largest absolute Gasteiger partial charge is 0.507 e. The summed E-state index contributed by atoms with van der Waals surface area (Å²) in [6, 6.07) is 11.7. The van der Waals surface area contributed by atoms with Gasteiger partial charge in [0.15, 0.2) is 11.0 Å². The summed E-state index contributed by atoms with van der Waals surface area (Å²) >= 11 is 13.2. The molecule has 1 heterocycles. The normalized spacial score (nSPS) is 10.6. The van der Waals surface area contributed by atoms with E-state index in [2.05, 4.69) is 22.1 Å². The standard InChI is InChI=1S/C19H16Cl2N4O2S/c1-2-9-25-18(13-5-3-4-6-16(13)26)23-24-19(25)28-11-17(27)22-15-10-12(20)7-8-14(15)21/h2-8,10,26H,1,9,11H2,(H,22,27). The Labute approximate surface area is 176 Å². The van der Waals surface area contributed by atoms with Gasteiger partial charge in [0.1, 0.15) is 5.75 Å². The van der Waals surface area contributed by atoms with Crippen molar-refractivity contribution in [1.82, 2.24) is 14.8 Å². The highest BCUT2D eigenvalue weighted by Gasteiger charge is 2.17. The van der Waals surface area contributed by atoms with Crippen molar-refractivity contribution in [1.29, 1.82) is 0 Å². The topological polar surface area (TPSA) is 80.0 Å². The van der Waals surface area contributed by atoms with Gasteiger partial charge >= 0.3 is 0 Å². The van der Waals surface area contributed by atoms with Crippen molar-refractivity contribution in [2.45, 2.75) is 11.7 Å². The first-order chi connectivity index (χ1) is 13.5. The molecule has 0 atom stereocenters. The van der Waals surface area contributed by atoms with Gasteiger partial charge in [0.05, 0.1) is 22.0 Å². The lowest BCUT2D eigenvalue weighted by Crippen LogP contribution is -2.15. The maximum atomic E-state index is 12.3. The summed E-state index contributed by atoms with van der Waals surface area (Å²) in [4.78, 5) is 12.3. The van der Waals surface area contributed by atoms with Crippen LogP contribution in [0, 0.1) is 0 Å². The number of amides is 1. The molecule has 0 aliphatic heterocycles. The molecule has 6 nitrogen and oxygen atoms in total. The Morgan fingerprint density at radius 2 is 2.04 bits per heavy atom. The van der Waals surface area contributed by atoms with Crippen LogP contribution in [0.2, 0.25) is 10.0 Å². The molecule has 0 saturated heterocycles. The molecule has 3 aromatic rings. The Hall–Kier alpha value is -2.48. The van der Waals surface area contributed by atoms with Crippen LogP contribution in [0.25, 0.3) is 11.4 Å². The molecule has 2 aromatic carbocycles. The zero-order chi connectivity index (χ0) is 20.1. The van der Waals surface area contributed by atoms with E-state index in [9.17, 15) is 9.90 Å². The molecule has 0 fully saturated rings. The molecule has 0 aliphatic rings. The molecule has 0 saturated carbocycles. The second-order valence-electron chi connectivity index (χ2n) is 5.68. The number of rotatable bonds is 7. The Kier molecular flexibility index (Phi) is 6.61. The monoisotopic (exact) mass is 434 g/mol. The molecule has 9 heteroatoms. The highest BCUT2D eigenvalue weighted by molar-refractivity contribution is 7.99. The molecule has 3 rings (SSSR count). The minimum absolute atomic E-state index is 0.0961. The zero-order valence-corrected chi connectivity index (χ0v) is 16.9. The highest BCUT2D eigenvalue weighted by atomic mass is 35.5. The molecule has 144 valence electrons. The Morgan fingerprint density at radius 1 is 1.25 bits per heavy atom. The van der Waals surface area contributed by atoms with E-state index in [1.54, 1.807) is 53.1 Å². The van der Waals surface area contributed by atoms with Crippen molar-refractivity contribution in [2.75, 3.05) is 11.1 Å². The van der Waals surface area contributed by atoms with Crippen molar-refractivity contribution < 1.29 is 9.90 Å². The summed E-state index contributed by atoms with van der Waals surface area (Å²) in [5, 5.41) is 22.6. The lowest BCUT2D eigenvalue weighted by molar-refractivity contribution is -0.113. The number of benzene rings is 2. The summed E-state index contributed by atoms with van der Waals surface area (Å²) in [5.74, 6) is 0.439. The third kappa shape index (κ3) is 4.67. The molecule has 0 spiro atoms. The van der Waals surface area contributed by atoms with E-state index in [0.717, 1.165) is 0 Å². The van der Waals surface area contributed by atoms with E-state index in [1.807, 2.05) is 0 Å². The van der Waals surface area contributed by atoms with Crippen LogP contribution in [0.3, 0.4) is 0 Å². The summed E-state index contributed by atoms with van der Waals surface area (Å²) < 4.78 is 1.78. The number of phenolic OH excluding ortho intramolecular Hbond substituents is 1. The minimum atomic E-state index is -0.258. The van der Waals surface area contributed by atoms with Gasteiger partial charge in [-0.15, -0.1) is 16.8 Å². The Bertz CT molecular complexity index is 1020. The molecule has 0 aliphatic carbocycles. The number of thioether (sulfide) groups is 1. The van der Waals surface area contributed by atoms with E-state index in [-0.39, 0.29) is 17.4 Å². The van der Waals surface area contributed by atoms with E-state index in [4.69, 9.17) is 23.2 Å². The molecule has 1 amide bonds. The summed E-state index contributed by atoms with van der Waals surface area (Å²) in [6.07, 6.45) is 1.70. The first-order valence-electron chi connectivity index (χ1n) is 8.19. The third-order valence-corrected chi connectivity index (χ3v) is 5.24. The van der Waals surface area contributed by atoms with Gasteiger partial charge in [0.2, 0.25) is 5.91 Å². The quantitative estimate of drug-likeness (QED) is 0.409. The summed E-state index contributed by atoms with van der Waals surface area (Å²) in [6.45, 7) is 4.18. The number of anilines is 1. The Morgan fingerprint density at radius 3 is 2.79 bits per heavy atom. The number of para-hydroxylation sites is 1. The lowest BCUT2D eigenvalue weighted by atomic mass is 10.2. The molecular formula is C19H16Cl2N4O2S. The number of nitrogens with zero attached hydrogens (tertiary/aromatic N) is 3. The van der Waals surface area contributed by atoms with Crippen molar-refractivity contribution in [3.63, 3.8) is 0 Å². The molecule has 0 radical (unpaired) electrons. The predicted octanol–water partition coefficient (Wildman–Crippen LogP) is 4.87. The fourth-order valence-electron chi connectivity index (χ4n) is 2.46. The second kappa shape index (κ2) is 9.14. The van der Waals surface area contributed by atoms with E-state index < -0.39 is 0 Å². The van der Waals surface area contributed by atoms with Gasteiger partial charge in [0.25, 0.3) is 0 Å². The van der Waals surface area contributed by atoms with Crippen LogP contribution in [0.15, 0.2) is 60.3 Å². The number of nitrogens with one attached hydrogen (secondary N) is 1. The van der Waals surface area contributed by atoms with Crippen LogP contribution in [0.1, 0.15) is 0 Å². The van der Waals surface area contributed by atoms with Gasteiger partial charge < -0.3 is 10.4 Å². The van der Waals surface area contributed by atoms with Crippen molar-refractivity contribution in [3.8, 4) is 17.1 Å². The van der Waals surface area contributed by atoms with E-state index in [1.165, 1.54) is 11.8 Å². The highest BCUT2D eigenvalue weighted by Crippen LogP contribution is 2.30. The molecular weight excluding hydrogens is 419 g/mol. The molecule has 1 aromatic heterocycles. The number of aromatic hydroxyl groups is 1. The molecule has 0 bridgehead atoms. The van der Waals surface area contributed by atoms with Gasteiger partial charge in [-0.25, -0.2) is 0 Å². The number of phenols is 1. The average Bonchev–Trinajstić information content (AvgIpc) is 3.06. The number of hydrogen-bond acceptors (Lipinski definition) is 5.